The fourth-order valence-corrected chi connectivity index (χ4v) is 6.57. The van der Waals surface area contributed by atoms with Crippen LogP contribution in [0.15, 0.2) is 36.4 Å². The topological polar surface area (TPSA) is 47.5 Å². The Balaban J connectivity index is 1.13. The normalized spacial score (nSPS) is 31.3. The van der Waals surface area contributed by atoms with Gasteiger partial charge in [0.05, 0.1) is 0 Å². The molecule has 0 radical (unpaired) electrons. The van der Waals surface area contributed by atoms with E-state index < -0.39 is 0 Å². The van der Waals surface area contributed by atoms with Crippen LogP contribution in [0.1, 0.15) is 37.7 Å². The zero-order chi connectivity index (χ0) is 21.7. The molecule has 1 spiro atoms. The SMILES string of the molecule is CN(C)c1cc(NC2CCC34CC2CC3C4)nc(N2CCN(Cc3ccccc3)CC2)n1. The molecule has 4 atom stereocenters. The molecule has 6 heteroatoms. The van der Waals surface area contributed by atoms with E-state index in [1.165, 1.54) is 37.7 Å². The monoisotopic (exact) mass is 432 g/mol. The zero-order valence-corrected chi connectivity index (χ0v) is 19.5. The molecule has 6 rings (SSSR count). The number of hydrogen-bond acceptors (Lipinski definition) is 6. The first-order valence-electron chi connectivity index (χ1n) is 12.4. The lowest BCUT2D eigenvalue weighted by Gasteiger charge is -2.36. The molecule has 1 aromatic heterocycles. The van der Waals surface area contributed by atoms with Gasteiger partial charge in [0.1, 0.15) is 11.6 Å². The maximum absolute atomic E-state index is 5.01. The van der Waals surface area contributed by atoms with Crippen LogP contribution < -0.4 is 15.1 Å². The lowest BCUT2D eigenvalue weighted by Crippen LogP contribution is -2.46. The van der Waals surface area contributed by atoms with E-state index in [4.69, 9.17) is 9.97 Å². The largest absolute Gasteiger partial charge is 0.367 e. The molecule has 6 nitrogen and oxygen atoms in total. The highest BCUT2D eigenvalue weighted by Gasteiger charge is 2.62. The highest BCUT2D eigenvalue weighted by atomic mass is 15.3. The van der Waals surface area contributed by atoms with E-state index in [0.29, 0.717) is 6.04 Å². The van der Waals surface area contributed by atoms with Crippen molar-refractivity contribution in [2.75, 3.05) is 55.4 Å². The van der Waals surface area contributed by atoms with Crippen molar-refractivity contribution in [1.82, 2.24) is 14.9 Å². The quantitative estimate of drug-likeness (QED) is 0.748. The molecule has 4 unspecified atom stereocenters. The van der Waals surface area contributed by atoms with Crippen molar-refractivity contribution in [1.29, 1.82) is 0 Å². The summed E-state index contributed by atoms with van der Waals surface area (Å²) in [7, 11) is 4.14. The van der Waals surface area contributed by atoms with Crippen LogP contribution >= 0.6 is 0 Å². The third-order valence-corrected chi connectivity index (χ3v) is 8.53. The number of fused-ring (bicyclic) bond motifs is 1. The van der Waals surface area contributed by atoms with Gasteiger partial charge < -0.3 is 15.1 Å². The van der Waals surface area contributed by atoms with Crippen LogP contribution in [0, 0.1) is 17.3 Å². The van der Waals surface area contributed by atoms with Gasteiger partial charge in [0, 0.05) is 58.9 Å². The molecule has 0 amide bonds. The first-order chi connectivity index (χ1) is 15.6. The number of aromatic nitrogens is 2. The molecule has 1 saturated heterocycles. The molecule has 2 bridgehead atoms. The van der Waals surface area contributed by atoms with Gasteiger partial charge in [-0.1, -0.05) is 30.3 Å². The maximum atomic E-state index is 5.01. The Morgan fingerprint density at radius 3 is 2.66 bits per heavy atom. The zero-order valence-electron chi connectivity index (χ0n) is 19.5. The van der Waals surface area contributed by atoms with Crippen LogP contribution in [0.3, 0.4) is 0 Å². The van der Waals surface area contributed by atoms with Crippen molar-refractivity contribution in [3.05, 3.63) is 42.0 Å². The number of hydrogen-bond donors (Lipinski definition) is 1. The fraction of sp³-hybridized carbons (Fsp3) is 0.615. The van der Waals surface area contributed by atoms with Gasteiger partial charge in [-0.3, -0.25) is 4.90 Å². The Morgan fingerprint density at radius 1 is 1.06 bits per heavy atom. The van der Waals surface area contributed by atoms with Gasteiger partial charge >= 0.3 is 0 Å². The molecule has 1 aliphatic heterocycles. The van der Waals surface area contributed by atoms with Gasteiger partial charge in [-0.15, -0.1) is 0 Å². The molecule has 170 valence electrons. The molecule has 4 fully saturated rings. The van der Waals surface area contributed by atoms with Crippen molar-refractivity contribution in [2.45, 2.75) is 44.7 Å². The number of nitrogens with one attached hydrogen (secondary N) is 1. The van der Waals surface area contributed by atoms with Gasteiger partial charge in [-0.25, -0.2) is 0 Å². The van der Waals surface area contributed by atoms with Crippen LogP contribution in [0.25, 0.3) is 0 Å². The predicted octanol–water partition coefficient (Wildman–Crippen LogP) is 3.86. The number of piperazine rings is 1. The van der Waals surface area contributed by atoms with Crippen LogP contribution in [0.5, 0.6) is 0 Å². The van der Waals surface area contributed by atoms with Crippen molar-refractivity contribution in [2.24, 2.45) is 17.3 Å². The van der Waals surface area contributed by atoms with Crippen LogP contribution in [0.4, 0.5) is 17.6 Å². The average molecular weight is 433 g/mol. The van der Waals surface area contributed by atoms with Gasteiger partial charge in [0.15, 0.2) is 0 Å². The predicted molar refractivity (Wildman–Crippen MR) is 130 cm³/mol. The third-order valence-electron chi connectivity index (χ3n) is 8.53. The molecule has 1 aromatic carbocycles. The van der Waals surface area contributed by atoms with Gasteiger partial charge in [0.2, 0.25) is 5.95 Å². The maximum Gasteiger partial charge on any atom is 0.229 e. The molecule has 4 aliphatic rings. The third kappa shape index (κ3) is 3.83. The minimum Gasteiger partial charge on any atom is -0.367 e. The van der Waals surface area contributed by atoms with Crippen LogP contribution in [0.2, 0.25) is 0 Å². The molecule has 32 heavy (non-hydrogen) atoms. The molecular weight excluding hydrogens is 396 g/mol. The number of nitrogens with zero attached hydrogens (tertiary/aromatic N) is 5. The Bertz CT molecular complexity index is 954. The van der Waals surface area contributed by atoms with Gasteiger partial charge in [0.25, 0.3) is 0 Å². The molecule has 3 saturated carbocycles. The summed E-state index contributed by atoms with van der Waals surface area (Å²) in [6, 6.07) is 13.5. The van der Waals surface area contributed by atoms with E-state index in [2.05, 4.69) is 70.5 Å². The van der Waals surface area contributed by atoms with Gasteiger partial charge in [-0.05, 0) is 54.9 Å². The number of benzene rings is 1. The summed E-state index contributed by atoms with van der Waals surface area (Å²) in [6.07, 6.45) is 7.09. The Hall–Kier alpha value is -2.34. The summed E-state index contributed by atoms with van der Waals surface area (Å²) in [5.74, 6) is 4.74. The summed E-state index contributed by atoms with van der Waals surface area (Å²) >= 11 is 0. The second-order valence-corrected chi connectivity index (χ2v) is 10.8. The molecular formula is C26H36N6. The Labute approximate surface area is 192 Å². The number of rotatable bonds is 6. The first-order valence-corrected chi connectivity index (χ1v) is 12.4. The van der Waals surface area contributed by atoms with E-state index in [9.17, 15) is 0 Å². The second kappa shape index (κ2) is 7.91. The van der Waals surface area contributed by atoms with E-state index >= 15 is 0 Å². The van der Waals surface area contributed by atoms with Crippen molar-refractivity contribution in [3.8, 4) is 0 Å². The molecule has 3 aliphatic carbocycles. The highest BCUT2D eigenvalue weighted by molar-refractivity contribution is 5.54. The lowest BCUT2D eigenvalue weighted by atomic mass is 9.80. The van der Waals surface area contributed by atoms with E-state index in [-0.39, 0.29) is 0 Å². The van der Waals surface area contributed by atoms with E-state index in [0.717, 1.165) is 67.6 Å². The van der Waals surface area contributed by atoms with Crippen LogP contribution in [-0.4, -0.2) is 61.2 Å². The van der Waals surface area contributed by atoms with Crippen LogP contribution in [-0.2, 0) is 6.54 Å². The smallest absolute Gasteiger partial charge is 0.229 e. The first kappa shape index (κ1) is 20.3. The van der Waals surface area contributed by atoms with E-state index in [1.54, 1.807) is 0 Å². The molecule has 1 N–H and O–H groups in total. The molecule has 2 heterocycles. The lowest BCUT2D eigenvalue weighted by molar-refractivity contribution is 0.248. The highest BCUT2D eigenvalue weighted by Crippen LogP contribution is 2.71. The minimum atomic E-state index is 0.578. The summed E-state index contributed by atoms with van der Waals surface area (Å²) in [5.41, 5.74) is 2.14. The number of anilines is 3. The molecule has 2 aromatic rings. The second-order valence-electron chi connectivity index (χ2n) is 10.8. The Kier molecular flexibility index (Phi) is 5.01. The van der Waals surface area contributed by atoms with Crippen molar-refractivity contribution in [3.63, 3.8) is 0 Å². The summed E-state index contributed by atoms with van der Waals surface area (Å²) in [6.45, 7) is 5.05. The van der Waals surface area contributed by atoms with Gasteiger partial charge in [-0.2, -0.15) is 9.97 Å². The standard InChI is InChI=1S/C26H36N6/c1-30(2)24-15-23(27-22-8-9-26-16-20(22)14-21(26)17-26)28-25(29-24)32-12-10-31(11-13-32)18-19-6-4-3-5-7-19/h3-7,15,20-22H,8-14,16-18H2,1-2H3,(H,27,28,29). The fourth-order valence-electron chi connectivity index (χ4n) is 6.57. The summed E-state index contributed by atoms with van der Waals surface area (Å²) in [4.78, 5) is 16.9. The van der Waals surface area contributed by atoms with E-state index in [1.807, 2.05) is 0 Å². The van der Waals surface area contributed by atoms with Crippen molar-refractivity contribution < 1.29 is 0 Å². The van der Waals surface area contributed by atoms with Crippen molar-refractivity contribution >= 4 is 17.6 Å². The average Bonchev–Trinajstić information content (AvgIpc) is 3.38. The Morgan fingerprint density at radius 2 is 1.88 bits per heavy atom. The summed E-state index contributed by atoms with van der Waals surface area (Å²) in [5, 5.41) is 3.85. The summed E-state index contributed by atoms with van der Waals surface area (Å²) < 4.78 is 0. The minimum absolute atomic E-state index is 0.578.